The van der Waals surface area contributed by atoms with Gasteiger partial charge in [0.2, 0.25) is 0 Å². The molecule has 4 rings (SSSR count). The summed E-state index contributed by atoms with van der Waals surface area (Å²) in [6.45, 7) is 0. The minimum absolute atomic E-state index is 0.271. The summed E-state index contributed by atoms with van der Waals surface area (Å²) < 4.78 is 7.81. The normalized spacial score (nSPS) is 11.2. The van der Waals surface area contributed by atoms with Crippen molar-refractivity contribution in [3.63, 3.8) is 0 Å². The van der Waals surface area contributed by atoms with E-state index < -0.39 is 11.2 Å². The Hall–Kier alpha value is -2.84. The molecule has 28 heavy (non-hydrogen) atoms. The molecule has 3 heterocycles. The van der Waals surface area contributed by atoms with E-state index >= 15 is 0 Å². The number of hydrogen-bond acceptors (Lipinski definition) is 6. The van der Waals surface area contributed by atoms with Gasteiger partial charge in [-0.1, -0.05) is 23.7 Å². The first kappa shape index (κ1) is 18.5. The molecule has 0 spiro atoms. The smallest absolute Gasteiger partial charge is 0.332 e. The van der Waals surface area contributed by atoms with E-state index in [1.807, 2.05) is 24.3 Å². The molecule has 0 aliphatic carbocycles. The second kappa shape index (κ2) is 7.29. The van der Waals surface area contributed by atoms with Gasteiger partial charge in [-0.3, -0.25) is 13.9 Å². The quantitative estimate of drug-likeness (QED) is 0.376. The van der Waals surface area contributed by atoms with Crippen molar-refractivity contribution in [2.75, 3.05) is 0 Å². The van der Waals surface area contributed by atoms with Crippen molar-refractivity contribution < 1.29 is 4.42 Å². The second-order valence-electron chi connectivity index (χ2n) is 6.15. The number of fused-ring (bicyclic) bond motifs is 1. The van der Waals surface area contributed by atoms with Crippen LogP contribution in [0.15, 0.2) is 61.7 Å². The maximum Gasteiger partial charge on any atom is 0.332 e. The van der Waals surface area contributed by atoms with Crippen LogP contribution in [0.3, 0.4) is 0 Å². The summed E-state index contributed by atoms with van der Waals surface area (Å²) in [5, 5.41) is 1.45. The molecule has 0 aliphatic heterocycles. The summed E-state index contributed by atoms with van der Waals surface area (Å²) in [5.41, 5.74) is 0.424. The first-order chi connectivity index (χ1) is 13.5. The van der Waals surface area contributed by atoms with Gasteiger partial charge in [0.05, 0.1) is 6.26 Å². The molecule has 0 N–H and O–H groups in total. The molecule has 0 saturated carbocycles. The number of hydrogen-bond donors (Lipinski definition) is 0. The highest BCUT2D eigenvalue weighted by atomic mass is 35.5. The van der Waals surface area contributed by atoms with E-state index in [1.165, 1.54) is 29.6 Å². The summed E-state index contributed by atoms with van der Waals surface area (Å²) in [5.74, 6) is 1.36. The molecule has 0 bridgehead atoms. The molecule has 7 nitrogen and oxygen atoms in total. The van der Waals surface area contributed by atoms with Crippen molar-refractivity contribution in [1.29, 1.82) is 0 Å². The lowest BCUT2D eigenvalue weighted by molar-refractivity contribution is 0.576. The van der Waals surface area contributed by atoms with Crippen molar-refractivity contribution in [3.05, 3.63) is 74.1 Å². The van der Waals surface area contributed by atoms with E-state index in [0.29, 0.717) is 32.8 Å². The fourth-order valence-electron chi connectivity index (χ4n) is 2.78. The van der Waals surface area contributed by atoms with Gasteiger partial charge in [0.25, 0.3) is 5.56 Å². The van der Waals surface area contributed by atoms with E-state index in [1.54, 1.807) is 19.2 Å². The molecule has 0 saturated heterocycles. The Morgan fingerprint density at radius 2 is 1.82 bits per heavy atom. The molecule has 142 valence electrons. The number of thioether (sulfide) groups is 1. The van der Waals surface area contributed by atoms with Gasteiger partial charge < -0.3 is 4.42 Å². The molecule has 0 amide bonds. The van der Waals surface area contributed by atoms with Crippen LogP contribution in [-0.2, 0) is 19.8 Å². The Labute approximate surface area is 168 Å². The van der Waals surface area contributed by atoms with Crippen LogP contribution in [0, 0.1) is 0 Å². The summed E-state index contributed by atoms with van der Waals surface area (Å²) in [7, 11) is 3.02. The Balaban J connectivity index is 1.90. The predicted molar refractivity (Wildman–Crippen MR) is 109 cm³/mol. The fourth-order valence-corrected chi connectivity index (χ4v) is 3.88. The van der Waals surface area contributed by atoms with Crippen LogP contribution in [0.25, 0.3) is 22.6 Å². The minimum Gasteiger partial charge on any atom is -0.461 e. The zero-order valence-corrected chi connectivity index (χ0v) is 16.6. The Morgan fingerprint density at radius 3 is 2.50 bits per heavy atom. The van der Waals surface area contributed by atoms with E-state index in [4.69, 9.17) is 16.0 Å². The molecule has 0 fully saturated rings. The van der Waals surface area contributed by atoms with Crippen molar-refractivity contribution >= 4 is 34.4 Å². The number of rotatable bonds is 4. The number of furan rings is 1. The van der Waals surface area contributed by atoms with Crippen LogP contribution < -0.4 is 11.2 Å². The number of aromatic nitrogens is 4. The highest BCUT2D eigenvalue weighted by Crippen LogP contribution is 2.28. The number of aryl methyl sites for hydroxylation is 1. The van der Waals surface area contributed by atoms with Crippen LogP contribution in [-0.4, -0.2) is 19.1 Å². The third-order valence-electron chi connectivity index (χ3n) is 4.30. The van der Waals surface area contributed by atoms with Crippen LogP contribution in [0.2, 0.25) is 5.02 Å². The Bertz CT molecular complexity index is 1280. The van der Waals surface area contributed by atoms with Crippen molar-refractivity contribution in [2.45, 2.75) is 10.8 Å². The number of nitrogens with zero attached hydrogens (tertiary/aromatic N) is 4. The van der Waals surface area contributed by atoms with E-state index in [2.05, 4.69) is 9.97 Å². The molecule has 9 heteroatoms. The van der Waals surface area contributed by atoms with Crippen LogP contribution in [0.4, 0.5) is 0 Å². The standard InChI is InChI=1S/C19H15ClN4O3S/c1-23-16-14(18(25)24(2)19(23)26)17(22-15(21-16)13-4-3-9-27-13)28-10-11-5-7-12(20)8-6-11/h3-9H,10H2,1-2H3. The van der Waals surface area contributed by atoms with Crippen LogP contribution >= 0.6 is 23.4 Å². The lowest BCUT2D eigenvalue weighted by atomic mass is 10.2. The van der Waals surface area contributed by atoms with Gasteiger partial charge in [-0.05, 0) is 29.8 Å². The first-order valence-electron chi connectivity index (χ1n) is 8.34. The molecule has 0 radical (unpaired) electrons. The van der Waals surface area contributed by atoms with Gasteiger partial charge in [0.15, 0.2) is 17.2 Å². The van der Waals surface area contributed by atoms with Gasteiger partial charge >= 0.3 is 5.69 Å². The van der Waals surface area contributed by atoms with E-state index in [-0.39, 0.29) is 5.65 Å². The first-order valence-corrected chi connectivity index (χ1v) is 9.71. The summed E-state index contributed by atoms with van der Waals surface area (Å²) >= 11 is 7.33. The van der Waals surface area contributed by atoms with Gasteiger partial charge in [-0.15, -0.1) is 11.8 Å². The third kappa shape index (κ3) is 3.25. The molecule has 0 aliphatic rings. The van der Waals surface area contributed by atoms with E-state index in [9.17, 15) is 9.59 Å². The second-order valence-corrected chi connectivity index (χ2v) is 7.55. The molecule has 1 aromatic carbocycles. The highest BCUT2D eigenvalue weighted by Gasteiger charge is 2.19. The lowest BCUT2D eigenvalue weighted by Crippen LogP contribution is -2.37. The maximum absolute atomic E-state index is 12.8. The molecule has 3 aromatic heterocycles. The minimum atomic E-state index is -0.449. The molecular weight excluding hydrogens is 400 g/mol. The van der Waals surface area contributed by atoms with E-state index in [0.717, 1.165) is 10.1 Å². The highest BCUT2D eigenvalue weighted by molar-refractivity contribution is 7.98. The monoisotopic (exact) mass is 414 g/mol. The van der Waals surface area contributed by atoms with Gasteiger partial charge in [-0.2, -0.15) is 0 Å². The third-order valence-corrected chi connectivity index (χ3v) is 5.60. The average molecular weight is 415 g/mol. The predicted octanol–water partition coefficient (Wildman–Crippen LogP) is 3.23. The van der Waals surface area contributed by atoms with Gasteiger partial charge in [-0.25, -0.2) is 14.8 Å². The SMILES string of the molecule is Cn1c(=O)c2c(SCc3ccc(Cl)cc3)nc(-c3ccco3)nc2n(C)c1=O. The largest absolute Gasteiger partial charge is 0.461 e. The zero-order valence-electron chi connectivity index (χ0n) is 15.0. The maximum atomic E-state index is 12.8. The zero-order chi connectivity index (χ0) is 19.8. The Kier molecular flexibility index (Phi) is 4.82. The molecule has 4 aromatic rings. The fraction of sp³-hybridized carbons (Fsp3) is 0.158. The lowest BCUT2D eigenvalue weighted by Gasteiger charge is -2.11. The van der Waals surface area contributed by atoms with Crippen molar-refractivity contribution in [1.82, 2.24) is 19.1 Å². The van der Waals surface area contributed by atoms with Gasteiger partial charge in [0, 0.05) is 24.9 Å². The molecular formula is C19H15ClN4O3S. The average Bonchev–Trinajstić information content (AvgIpc) is 3.24. The molecule has 0 atom stereocenters. The number of benzene rings is 1. The summed E-state index contributed by atoms with van der Waals surface area (Å²) in [4.78, 5) is 34.1. The number of halogens is 1. The van der Waals surface area contributed by atoms with Crippen molar-refractivity contribution in [2.24, 2.45) is 14.1 Å². The van der Waals surface area contributed by atoms with Crippen LogP contribution in [0.1, 0.15) is 5.56 Å². The summed E-state index contributed by atoms with van der Waals surface area (Å²) in [6, 6.07) is 10.9. The topological polar surface area (TPSA) is 82.9 Å². The Morgan fingerprint density at radius 1 is 1.07 bits per heavy atom. The van der Waals surface area contributed by atoms with Gasteiger partial charge in [0.1, 0.15) is 10.4 Å². The molecule has 0 unspecified atom stereocenters. The van der Waals surface area contributed by atoms with Crippen LogP contribution in [0.5, 0.6) is 0 Å². The summed E-state index contributed by atoms with van der Waals surface area (Å²) in [6.07, 6.45) is 1.52. The van der Waals surface area contributed by atoms with Crippen molar-refractivity contribution in [3.8, 4) is 11.6 Å².